The zero-order valence-corrected chi connectivity index (χ0v) is 13.4. The number of ether oxygens (including phenoxy) is 1. The van der Waals surface area contributed by atoms with Crippen LogP contribution in [-0.2, 0) is 19.7 Å². The standard InChI is InChI=1S/C12H24N2O5S/c1-8-6-14(7-9(2)19-8)20(17,18)13-10(11(15)16)12(3,4)5/h8-10,13H,6-7H2,1-5H3,(H,15,16)/t8?,9?,10-/m0/s1. The van der Waals surface area contributed by atoms with Crippen molar-refractivity contribution in [3.63, 3.8) is 0 Å². The Labute approximate surface area is 120 Å². The van der Waals surface area contributed by atoms with Crippen LogP contribution in [0.3, 0.4) is 0 Å². The van der Waals surface area contributed by atoms with Crippen LogP contribution in [0.2, 0.25) is 0 Å². The summed E-state index contributed by atoms with van der Waals surface area (Å²) in [5, 5.41) is 9.20. The summed E-state index contributed by atoms with van der Waals surface area (Å²) in [5.74, 6) is -1.18. The third-order valence-corrected chi connectivity index (χ3v) is 4.62. The Morgan fingerprint density at radius 3 is 2.10 bits per heavy atom. The molecule has 7 nitrogen and oxygen atoms in total. The predicted octanol–water partition coefficient (Wildman–Crippen LogP) is 0.429. The Balaban J connectivity index is 2.90. The number of hydrogen-bond donors (Lipinski definition) is 2. The molecule has 2 unspecified atom stereocenters. The number of carbonyl (C=O) groups is 1. The molecule has 2 N–H and O–H groups in total. The Hall–Kier alpha value is -0.700. The summed E-state index contributed by atoms with van der Waals surface area (Å²) in [6.45, 7) is 9.05. The highest BCUT2D eigenvalue weighted by molar-refractivity contribution is 7.87. The monoisotopic (exact) mass is 308 g/mol. The SMILES string of the molecule is CC1CN(S(=O)(=O)N[C@@H](C(=O)O)C(C)(C)C)CC(C)O1. The lowest BCUT2D eigenvalue weighted by atomic mass is 9.88. The Kier molecular flexibility index (Phi) is 5.18. The lowest BCUT2D eigenvalue weighted by Gasteiger charge is -2.36. The van der Waals surface area contributed by atoms with E-state index < -0.39 is 27.6 Å². The van der Waals surface area contributed by atoms with Crippen molar-refractivity contribution in [2.75, 3.05) is 13.1 Å². The number of carboxylic acids is 1. The molecule has 1 rings (SSSR count). The van der Waals surface area contributed by atoms with Gasteiger partial charge >= 0.3 is 5.97 Å². The third-order valence-electron chi connectivity index (χ3n) is 3.11. The van der Waals surface area contributed by atoms with Gasteiger partial charge in [-0.25, -0.2) is 0 Å². The molecule has 0 spiro atoms. The van der Waals surface area contributed by atoms with Crippen LogP contribution in [0.25, 0.3) is 0 Å². The second-order valence-electron chi connectivity index (χ2n) is 6.33. The van der Waals surface area contributed by atoms with Gasteiger partial charge in [-0.2, -0.15) is 17.4 Å². The van der Waals surface area contributed by atoms with Crippen LogP contribution in [0.5, 0.6) is 0 Å². The van der Waals surface area contributed by atoms with E-state index in [1.807, 2.05) is 0 Å². The van der Waals surface area contributed by atoms with Crippen molar-refractivity contribution in [2.45, 2.75) is 52.9 Å². The van der Waals surface area contributed by atoms with Crippen LogP contribution in [0.15, 0.2) is 0 Å². The van der Waals surface area contributed by atoms with E-state index in [1.54, 1.807) is 34.6 Å². The zero-order valence-electron chi connectivity index (χ0n) is 12.6. The number of morpholine rings is 1. The highest BCUT2D eigenvalue weighted by Crippen LogP contribution is 2.22. The van der Waals surface area contributed by atoms with E-state index in [0.29, 0.717) is 0 Å². The first-order valence-electron chi connectivity index (χ1n) is 6.59. The van der Waals surface area contributed by atoms with Crippen molar-refractivity contribution in [1.29, 1.82) is 0 Å². The topological polar surface area (TPSA) is 95.9 Å². The number of nitrogens with zero attached hydrogens (tertiary/aromatic N) is 1. The van der Waals surface area contributed by atoms with Gasteiger partial charge in [0.1, 0.15) is 6.04 Å². The van der Waals surface area contributed by atoms with Gasteiger partial charge in [-0.3, -0.25) is 4.79 Å². The summed E-state index contributed by atoms with van der Waals surface area (Å²) in [7, 11) is -3.85. The quantitative estimate of drug-likeness (QED) is 0.785. The second-order valence-corrected chi connectivity index (χ2v) is 8.04. The van der Waals surface area contributed by atoms with Gasteiger partial charge in [0.05, 0.1) is 12.2 Å². The van der Waals surface area contributed by atoms with Gasteiger partial charge in [0.25, 0.3) is 10.2 Å². The van der Waals surface area contributed by atoms with Gasteiger partial charge in [0, 0.05) is 13.1 Å². The zero-order chi connectivity index (χ0) is 15.7. The van der Waals surface area contributed by atoms with Crippen LogP contribution >= 0.6 is 0 Å². The first-order valence-corrected chi connectivity index (χ1v) is 8.03. The Morgan fingerprint density at radius 1 is 1.30 bits per heavy atom. The minimum Gasteiger partial charge on any atom is -0.480 e. The highest BCUT2D eigenvalue weighted by atomic mass is 32.2. The van der Waals surface area contributed by atoms with Crippen LogP contribution in [0, 0.1) is 5.41 Å². The molecular formula is C12H24N2O5S. The van der Waals surface area contributed by atoms with Crippen molar-refractivity contribution >= 4 is 16.2 Å². The van der Waals surface area contributed by atoms with E-state index in [1.165, 1.54) is 4.31 Å². The summed E-state index contributed by atoms with van der Waals surface area (Å²) in [6, 6.07) is -1.18. The minimum atomic E-state index is -3.85. The molecule has 8 heteroatoms. The molecule has 1 aliphatic heterocycles. The first-order chi connectivity index (χ1) is 8.93. The molecule has 0 amide bonds. The average Bonchev–Trinajstić information content (AvgIpc) is 2.22. The maximum Gasteiger partial charge on any atom is 0.322 e. The van der Waals surface area contributed by atoms with Crippen molar-refractivity contribution < 1.29 is 23.1 Å². The number of hydrogen-bond acceptors (Lipinski definition) is 4. The van der Waals surface area contributed by atoms with Gasteiger partial charge in [0.2, 0.25) is 0 Å². The minimum absolute atomic E-state index is 0.215. The van der Waals surface area contributed by atoms with E-state index in [0.717, 1.165) is 0 Å². The van der Waals surface area contributed by atoms with E-state index in [9.17, 15) is 18.3 Å². The summed E-state index contributed by atoms with van der Waals surface area (Å²) in [6.07, 6.45) is -0.429. The maximum atomic E-state index is 12.3. The number of aliphatic carboxylic acids is 1. The molecule has 0 radical (unpaired) electrons. The van der Waals surface area contributed by atoms with E-state index in [-0.39, 0.29) is 25.3 Å². The van der Waals surface area contributed by atoms with E-state index in [4.69, 9.17) is 4.74 Å². The largest absolute Gasteiger partial charge is 0.480 e. The number of rotatable bonds is 4. The Bertz CT molecular complexity index is 447. The van der Waals surface area contributed by atoms with Crippen LogP contribution in [0.4, 0.5) is 0 Å². The van der Waals surface area contributed by atoms with Crippen molar-refractivity contribution in [1.82, 2.24) is 9.03 Å². The molecule has 1 aliphatic rings. The molecule has 20 heavy (non-hydrogen) atoms. The van der Waals surface area contributed by atoms with Gasteiger partial charge in [-0.15, -0.1) is 0 Å². The molecule has 1 fully saturated rings. The summed E-state index contributed by atoms with van der Waals surface area (Å²) in [5.41, 5.74) is -0.720. The van der Waals surface area contributed by atoms with Gasteiger partial charge in [-0.1, -0.05) is 20.8 Å². The molecule has 0 aromatic heterocycles. The second kappa shape index (κ2) is 5.97. The normalized spacial score (nSPS) is 27.2. The third kappa shape index (κ3) is 4.41. The predicted molar refractivity (Wildman–Crippen MR) is 74.5 cm³/mol. The lowest BCUT2D eigenvalue weighted by Crippen LogP contribution is -2.57. The number of carboxylic acid groups (broad SMARTS) is 1. The lowest BCUT2D eigenvalue weighted by molar-refractivity contribution is -0.141. The fourth-order valence-electron chi connectivity index (χ4n) is 2.15. The average molecular weight is 308 g/mol. The summed E-state index contributed by atoms with van der Waals surface area (Å²) >= 11 is 0. The fourth-order valence-corrected chi connectivity index (χ4v) is 3.86. The fraction of sp³-hybridized carbons (Fsp3) is 0.917. The molecular weight excluding hydrogens is 284 g/mol. The molecule has 1 saturated heterocycles. The Morgan fingerprint density at radius 2 is 1.75 bits per heavy atom. The van der Waals surface area contributed by atoms with E-state index in [2.05, 4.69) is 4.72 Å². The number of nitrogens with one attached hydrogen (secondary N) is 1. The first kappa shape index (κ1) is 17.4. The van der Waals surface area contributed by atoms with Gasteiger partial charge < -0.3 is 9.84 Å². The van der Waals surface area contributed by atoms with Crippen molar-refractivity contribution in [2.24, 2.45) is 5.41 Å². The summed E-state index contributed by atoms with van der Waals surface area (Å²) < 4.78 is 33.7. The van der Waals surface area contributed by atoms with Crippen molar-refractivity contribution in [3.05, 3.63) is 0 Å². The van der Waals surface area contributed by atoms with Gasteiger partial charge in [-0.05, 0) is 19.3 Å². The highest BCUT2D eigenvalue weighted by Gasteiger charge is 2.38. The van der Waals surface area contributed by atoms with Crippen LogP contribution in [-0.4, -0.2) is 55.1 Å². The molecule has 118 valence electrons. The molecule has 3 atom stereocenters. The molecule has 0 bridgehead atoms. The molecule has 0 aromatic carbocycles. The maximum absolute atomic E-state index is 12.3. The molecule has 0 saturated carbocycles. The summed E-state index contributed by atoms with van der Waals surface area (Å²) in [4.78, 5) is 11.3. The molecule has 0 aromatic rings. The van der Waals surface area contributed by atoms with E-state index >= 15 is 0 Å². The smallest absolute Gasteiger partial charge is 0.322 e. The van der Waals surface area contributed by atoms with Crippen LogP contribution in [0.1, 0.15) is 34.6 Å². The van der Waals surface area contributed by atoms with Crippen LogP contribution < -0.4 is 4.72 Å². The van der Waals surface area contributed by atoms with Gasteiger partial charge in [0.15, 0.2) is 0 Å². The molecule has 0 aliphatic carbocycles. The molecule has 1 heterocycles. The van der Waals surface area contributed by atoms with Crippen molar-refractivity contribution in [3.8, 4) is 0 Å².